The second-order valence-corrected chi connectivity index (χ2v) is 4.59. The van der Waals surface area contributed by atoms with E-state index in [9.17, 15) is 8.42 Å². The van der Waals surface area contributed by atoms with Crippen LogP contribution in [0, 0.1) is 0 Å². The molecule has 0 radical (unpaired) electrons. The molecule has 16 heavy (non-hydrogen) atoms. The van der Waals surface area contributed by atoms with Crippen LogP contribution in [0.25, 0.3) is 0 Å². The Hall–Kier alpha value is 0.507. The van der Waals surface area contributed by atoms with E-state index < -0.39 is 11.0 Å². The van der Waals surface area contributed by atoms with Crippen molar-refractivity contribution < 1.29 is 12.6 Å². The number of thiol groups is 1. The summed E-state index contributed by atoms with van der Waals surface area (Å²) in [4.78, 5) is 0. The summed E-state index contributed by atoms with van der Waals surface area (Å²) in [5, 5.41) is 0. The van der Waals surface area contributed by atoms with Crippen LogP contribution in [0.3, 0.4) is 0 Å². The average Bonchev–Trinajstić information content (AvgIpc) is 2.20. The molecule has 5 heteroatoms. The molecule has 0 aliphatic rings. The molecule has 0 saturated heterocycles. The summed E-state index contributed by atoms with van der Waals surface area (Å²) >= 11 is 0. The van der Waals surface area contributed by atoms with Crippen molar-refractivity contribution in [1.29, 1.82) is 0 Å². The van der Waals surface area contributed by atoms with Gasteiger partial charge in [-0.15, -0.1) is 0 Å². The van der Waals surface area contributed by atoms with Crippen molar-refractivity contribution in [2.24, 2.45) is 0 Å². The first kappa shape index (κ1) is 18.9. The van der Waals surface area contributed by atoms with Crippen LogP contribution in [-0.4, -0.2) is 33.9 Å². The van der Waals surface area contributed by atoms with Crippen molar-refractivity contribution in [3.63, 3.8) is 0 Å². The Kier molecular flexibility index (Phi) is 18.3. The molecule has 0 aromatic rings. The molecule has 0 heterocycles. The van der Waals surface area contributed by atoms with Crippen molar-refractivity contribution >= 4 is 29.8 Å². The van der Waals surface area contributed by atoms with E-state index in [1.807, 2.05) is 0 Å². The van der Waals surface area contributed by atoms with E-state index in [1.165, 1.54) is 44.9 Å². The van der Waals surface area contributed by atoms with Gasteiger partial charge in [0.15, 0.2) is 0 Å². The van der Waals surface area contributed by atoms with Crippen LogP contribution >= 0.6 is 0 Å². The molecule has 0 aliphatic carbocycles. The average molecular weight is 244 g/mol. The van der Waals surface area contributed by atoms with E-state index in [0.717, 1.165) is 12.8 Å². The monoisotopic (exact) mass is 244 g/mol. The van der Waals surface area contributed by atoms with Gasteiger partial charge in [-0.05, 0) is 6.42 Å². The predicted molar refractivity (Wildman–Crippen MR) is 70.6 cm³/mol. The van der Waals surface area contributed by atoms with Gasteiger partial charge in [0, 0.05) is 0 Å². The van der Waals surface area contributed by atoms with Crippen LogP contribution in [-0.2, 0) is 15.2 Å². The summed E-state index contributed by atoms with van der Waals surface area (Å²) < 4.78 is 24.6. The Morgan fingerprint density at radius 1 is 0.812 bits per heavy atom. The van der Waals surface area contributed by atoms with Gasteiger partial charge >= 0.3 is 18.9 Å². The van der Waals surface area contributed by atoms with E-state index in [1.54, 1.807) is 0 Å². The van der Waals surface area contributed by atoms with Gasteiger partial charge in [-0.3, -0.25) is 4.18 Å². The second kappa shape index (κ2) is 15.5. The first-order valence-electron chi connectivity index (χ1n) is 6.04. The summed E-state index contributed by atoms with van der Waals surface area (Å²) in [5.41, 5.74) is 0. The van der Waals surface area contributed by atoms with Gasteiger partial charge < -0.3 is 0 Å². The summed E-state index contributed by atoms with van der Waals surface area (Å²) in [5.74, 6) is 0. The Morgan fingerprint density at radius 2 is 1.25 bits per heavy atom. The number of unbranched alkanes of at least 4 members (excludes halogenated alkanes) is 8. The summed E-state index contributed by atoms with van der Waals surface area (Å²) in [6, 6.07) is 0. The van der Waals surface area contributed by atoms with Crippen molar-refractivity contribution in [3.05, 3.63) is 0 Å². The molecule has 0 atom stereocenters. The molecule has 0 N–H and O–H groups in total. The third kappa shape index (κ3) is 16.9. The van der Waals surface area contributed by atoms with Crippen LogP contribution in [0.15, 0.2) is 0 Å². The first-order valence-corrected chi connectivity index (χ1v) is 7.14. The van der Waals surface area contributed by atoms with Gasteiger partial charge in [0.1, 0.15) is 0 Å². The maximum absolute atomic E-state index is 10.0. The quantitative estimate of drug-likeness (QED) is 0.345. The normalized spacial score (nSPS) is 10.4. The van der Waals surface area contributed by atoms with Crippen LogP contribution in [0.1, 0.15) is 64.7 Å². The second-order valence-electron chi connectivity index (χ2n) is 3.89. The molecule has 0 unspecified atom stereocenters. The topological polar surface area (TPSA) is 43.4 Å². The summed E-state index contributed by atoms with van der Waals surface area (Å²) in [7, 11) is -2.64. The van der Waals surface area contributed by atoms with Crippen LogP contribution < -0.4 is 0 Å². The maximum atomic E-state index is 10.0. The van der Waals surface area contributed by atoms with Crippen LogP contribution in [0.5, 0.6) is 0 Å². The van der Waals surface area contributed by atoms with Gasteiger partial charge in [0.25, 0.3) is 11.0 Å². The third-order valence-electron chi connectivity index (χ3n) is 2.44. The zero-order valence-corrected chi connectivity index (χ0v) is 10.6. The zero-order chi connectivity index (χ0) is 11.4. The molecule has 0 spiro atoms. The molecule has 94 valence electrons. The van der Waals surface area contributed by atoms with E-state index in [0.29, 0.717) is 6.61 Å². The molecule has 0 aromatic heterocycles. The molecule has 0 fully saturated rings. The fourth-order valence-corrected chi connectivity index (χ4v) is 1.83. The van der Waals surface area contributed by atoms with Crippen molar-refractivity contribution in [1.82, 2.24) is 0 Å². The van der Waals surface area contributed by atoms with Gasteiger partial charge in [-0.25, -0.2) is 8.42 Å². The third-order valence-corrected chi connectivity index (χ3v) is 2.84. The standard InChI is InChI=1S/C11H24O3S.Li.H/c1-2-3-4-5-6-7-8-9-10-11-14-15(12)13;;/h15H,2-11H2,1H3;;. The van der Waals surface area contributed by atoms with E-state index in [2.05, 4.69) is 11.1 Å². The van der Waals surface area contributed by atoms with Gasteiger partial charge in [0.05, 0.1) is 6.61 Å². The molecular weight excluding hydrogens is 219 g/mol. The minimum absolute atomic E-state index is 0. The molecule has 0 rings (SSSR count). The first-order chi connectivity index (χ1) is 7.27. The number of rotatable bonds is 11. The fraction of sp³-hybridized carbons (Fsp3) is 1.00. The van der Waals surface area contributed by atoms with E-state index in [4.69, 9.17) is 0 Å². The van der Waals surface area contributed by atoms with Crippen molar-refractivity contribution in [2.75, 3.05) is 6.61 Å². The molecule has 0 bridgehead atoms. The van der Waals surface area contributed by atoms with Crippen LogP contribution in [0.4, 0.5) is 0 Å². The SMILES string of the molecule is CCCCCCCCCCCO[SH](=O)=O.[LiH]. The van der Waals surface area contributed by atoms with Gasteiger partial charge in [-0.2, -0.15) is 0 Å². The Labute approximate surface area is 114 Å². The number of hydrogen-bond acceptors (Lipinski definition) is 3. The Balaban J connectivity index is 0. The molecule has 0 saturated carbocycles. The summed E-state index contributed by atoms with van der Waals surface area (Å²) in [6.07, 6.45) is 11.1. The van der Waals surface area contributed by atoms with E-state index in [-0.39, 0.29) is 18.9 Å². The summed E-state index contributed by atoms with van der Waals surface area (Å²) in [6.45, 7) is 2.58. The minimum atomic E-state index is -2.64. The molecule has 0 amide bonds. The Morgan fingerprint density at radius 3 is 1.69 bits per heavy atom. The Bertz CT molecular complexity index is 188. The van der Waals surface area contributed by atoms with Crippen molar-refractivity contribution in [2.45, 2.75) is 64.7 Å². The predicted octanol–water partition coefficient (Wildman–Crippen LogP) is 2.41. The molecule has 0 aromatic carbocycles. The fourth-order valence-electron chi connectivity index (χ4n) is 1.55. The molecule has 3 nitrogen and oxygen atoms in total. The van der Waals surface area contributed by atoms with E-state index >= 15 is 0 Å². The van der Waals surface area contributed by atoms with Gasteiger partial charge in [-0.1, -0.05) is 58.3 Å². The molecule has 0 aliphatic heterocycles. The van der Waals surface area contributed by atoms with Crippen LogP contribution in [0.2, 0.25) is 0 Å². The molecular formula is C11H25LiO3S. The van der Waals surface area contributed by atoms with Gasteiger partial charge in [0.2, 0.25) is 0 Å². The number of hydrogen-bond donors (Lipinski definition) is 1. The van der Waals surface area contributed by atoms with Crippen molar-refractivity contribution in [3.8, 4) is 0 Å². The zero-order valence-electron chi connectivity index (χ0n) is 9.74.